The predicted molar refractivity (Wildman–Crippen MR) is 65.4 cm³/mol. The summed E-state index contributed by atoms with van der Waals surface area (Å²) in [6, 6.07) is 6.11. The van der Waals surface area contributed by atoms with E-state index in [1.54, 1.807) is 0 Å². The Labute approximate surface area is 96.0 Å². The first-order chi connectivity index (χ1) is 7.08. The molecule has 0 aromatic heterocycles. The Morgan fingerprint density at radius 3 is 2.93 bits per heavy atom. The summed E-state index contributed by atoms with van der Waals surface area (Å²) in [4.78, 5) is 2.35. The zero-order valence-corrected chi connectivity index (χ0v) is 9.96. The number of nitrogens with two attached hydrogens (primary N) is 1. The van der Waals surface area contributed by atoms with E-state index in [0.717, 1.165) is 18.1 Å². The molecule has 0 amide bonds. The minimum atomic E-state index is 0.109. The summed E-state index contributed by atoms with van der Waals surface area (Å²) < 4.78 is 0. The highest BCUT2D eigenvalue weighted by Gasteiger charge is 2.26. The average molecular weight is 225 g/mol. The monoisotopic (exact) mass is 224 g/mol. The highest BCUT2D eigenvalue weighted by Crippen LogP contribution is 2.35. The molecule has 0 saturated heterocycles. The molecule has 1 aliphatic heterocycles. The fraction of sp³-hybridized carbons (Fsp3) is 0.500. The molecule has 0 aliphatic carbocycles. The van der Waals surface area contributed by atoms with E-state index in [4.69, 9.17) is 17.3 Å². The van der Waals surface area contributed by atoms with Gasteiger partial charge in [-0.1, -0.05) is 25.4 Å². The lowest BCUT2D eigenvalue weighted by molar-refractivity contribution is 0.603. The highest BCUT2D eigenvalue weighted by molar-refractivity contribution is 6.30. The molecule has 0 spiro atoms. The largest absolute Gasteiger partial charge is 0.369 e. The van der Waals surface area contributed by atoms with Crippen LogP contribution in [-0.2, 0) is 0 Å². The van der Waals surface area contributed by atoms with Gasteiger partial charge in [0.15, 0.2) is 0 Å². The molecule has 2 N–H and O–H groups in total. The summed E-state index contributed by atoms with van der Waals surface area (Å²) in [6.07, 6.45) is 0. The number of halogens is 1. The lowest BCUT2D eigenvalue weighted by atomic mass is 10.1. The molecular formula is C12H17ClN2. The number of fused-ring (bicyclic) bond motifs is 1. The second-order valence-corrected chi connectivity index (χ2v) is 5.04. The quantitative estimate of drug-likeness (QED) is 0.837. The van der Waals surface area contributed by atoms with E-state index in [9.17, 15) is 0 Å². The Bertz CT molecular complexity index is 363. The van der Waals surface area contributed by atoms with Crippen LogP contribution < -0.4 is 10.6 Å². The van der Waals surface area contributed by atoms with E-state index >= 15 is 0 Å². The van der Waals surface area contributed by atoms with Crippen LogP contribution in [0, 0.1) is 5.92 Å². The Hall–Kier alpha value is -0.730. The maximum Gasteiger partial charge on any atom is 0.0494 e. The Morgan fingerprint density at radius 2 is 2.27 bits per heavy atom. The van der Waals surface area contributed by atoms with Crippen LogP contribution in [0.5, 0.6) is 0 Å². The van der Waals surface area contributed by atoms with Crippen LogP contribution in [-0.4, -0.2) is 13.1 Å². The first-order valence-electron chi connectivity index (χ1n) is 5.38. The van der Waals surface area contributed by atoms with Crippen molar-refractivity contribution in [3.05, 3.63) is 28.8 Å². The van der Waals surface area contributed by atoms with Gasteiger partial charge in [0.05, 0.1) is 0 Å². The van der Waals surface area contributed by atoms with Gasteiger partial charge in [-0.05, 0) is 29.7 Å². The van der Waals surface area contributed by atoms with Crippen molar-refractivity contribution in [1.29, 1.82) is 0 Å². The van der Waals surface area contributed by atoms with Crippen LogP contribution in [0.2, 0.25) is 5.02 Å². The summed E-state index contributed by atoms with van der Waals surface area (Å²) in [5.74, 6) is 0.652. The standard InChI is InChI=1S/C12H17ClN2/c1-8(2)6-15-7-11(14)10-5-9(13)3-4-12(10)15/h3-5,8,11H,6-7,14H2,1-2H3. The van der Waals surface area contributed by atoms with Gasteiger partial charge in [0.2, 0.25) is 0 Å². The topological polar surface area (TPSA) is 29.3 Å². The van der Waals surface area contributed by atoms with E-state index in [2.05, 4.69) is 24.8 Å². The molecule has 0 saturated carbocycles. The number of hydrogen-bond acceptors (Lipinski definition) is 2. The van der Waals surface area contributed by atoms with Crippen molar-refractivity contribution in [1.82, 2.24) is 0 Å². The normalized spacial score (nSPS) is 19.8. The van der Waals surface area contributed by atoms with Crippen molar-refractivity contribution in [3.8, 4) is 0 Å². The maximum absolute atomic E-state index is 6.08. The Morgan fingerprint density at radius 1 is 1.53 bits per heavy atom. The summed E-state index contributed by atoms with van der Waals surface area (Å²) >= 11 is 5.97. The van der Waals surface area contributed by atoms with Crippen molar-refractivity contribution in [2.75, 3.05) is 18.0 Å². The van der Waals surface area contributed by atoms with Gasteiger partial charge in [0, 0.05) is 29.8 Å². The van der Waals surface area contributed by atoms with Crippen LogP contribution >= 0.6 is 11.6 Å². The molecular weight excluding hydrogens is 208 g/mol. The van der Waals surface area contributed by atoms with Crippen molar-refractivity contribution >= 4 is 17.3 Å². The summed E-state index contributed by atoms with van der Waals surface area (Å²) in [6.45, 7) is 6.41. The van der Waals surface area contributed by atoms with Crippen LogP contribution in [0.3, 0.4) is 0 Å². The van der Waals surface area contributed by atoms with Gasteiger partial charge in [-0.3, -0.25) is 0 Å². The molecule has 2 nitrogen and oxygen atoms in total. The molecule has 0 fully saturated rings. The van der Waals surface area contributed by atoms with Crippen LogP contribution in [0.4, 0.5) is 5.69 Å². The molecule has 15 heavy (non-hydrogen) atoms. The van der Waals surface area contributed by atoms with Crippen LogP contribution in [0.1, 0.15) is 25.5 Å². The van der Waals surface area contributed by atoms with Gasteiger partial charge >= 0.3 is 0 Å². The fourth-order valence-electron chi connectivity index (χ4n) is 2.16. The zero-order chi connectivity index (χ0) is 11.0. The van der Waals surface area contributed by atoms with Gasteiger partial charge in [-0.15, -0.1) is 0 Å². The third-order valence-electron chi connectivity index (χ3n) is 2.73. The second kappa shape index (κ2) is 4.03. The average Bonchev–Trinajstić information content (AvgIpc) is 2.42. The Kier molecular flexibility index (Phi) is 2.89. The molecule has 1 aromatic rings. The molecule has 82 valence electrons. The summed E-state index contributed by atoms with van der Waals surface area (Å²) in [5.41, 5.74) is 8.52. The third kappa shape index (κ3) is 2.11. The van der Waals surface area contributed by atoms with Gasteiger partial charge in [0.1, 0.15) is 0 Å². The van der Waals surface area contributed by atoms with E-state index in [1.165, 1.54) is 11.3 Å². The number of nitrogens with zero attached hydrogens (tertiary/aromatic N) is 1. The van der Waals surface area contributed by atoms with E-state index in [0.29, 0.717) is 5.92 Å². The molecule has 1 heterocycles. The highest BCUT2D eigenvalue weighted by atomic mass is 35.5. The molecule has 2 rings (SSSR count). The minimum absolute atomic E-state index is 0.109. The lowest BCUT2D eigenvalue weighted by Crippen LogP contribution is -2.28. The van der Waals surface area contributed by atoms with Crippen molar-refractivity contribution in [3.63, 3.8) is 0 Å². The first kappa shape index (κ1) is 10.8. The molecule has 0 bridgehead atoms. The van der Waals surface area contributed by atoms with Gasteiger partial charge in [-0.25, -0.2) is 0 Å². The smallest absolute Gasteiger partial charge is 0.0494 e. The second-order valence-electron chi connectivity index (χ2n) is 4.61. The maximum atomic E-state index is 6.08. The van der Waals surface area contributed by atoms with Crippen LogP contribution in [0.15, 0.2) is 18.2 Å². The van der Waals surface area contributed by atoms with E-state index in [1.807, 2.05) is 12.1 Å². The molecule has 3 heteroatoms. The zero-order valence-electron chi connectivity index (χ0n) is 9.20. The SMILES string of the molecule is CC(C)CN1CC(N)c2cc(Cl)ccc21. The van der Waals surface area contributed by atoms with Gasteiger partial charge < -0.3 is 10.6 Å². The Balaban J connectivity index is 2.30. The number of hydrogen-bond donors (Lipinski definition) is 1. The van der Waals surface area contributed by atoms with Crippen molar-refractivity contribution in [2.45, 2.75) is 19.9 Å². The first-order valence-corrected chi connectivity index (χ1v) is 5.75. The van der Waals surface area contributed by atoms with Crippen LogP contribution in [0.25, 0.3) is 0 Å². The van der Waals surface area contributed by atoms with Crippen molar-refractivity contribution < 1.29 is 0 Å². The molecule has 1 atom stereocenters. The predicted octanol–water partition coefficient (Wildman–Crippen LogP) is 2.82. The summed E-state index contributed by atoms with van der Waals surface area (Å²) in [5, 5.41) is 0.774. The van der Waals surface area contributed by atoms with Gasteiger partial charge in [0.25, 0.3) is 0 Å². The molecule has 1 aromatic carbocycles. The van der Waals surface area contributed by atoms with Crippen molar-refractivity contribution in [2.24, 2.45) is 11.7 Å². The molecule has 1 aliphatic rings. The third-order valence-corrected chi connectivity index (χ3v) is 2.97. The fourth-order valence-corrected chi connectivity index (χ4v) is 2.34. The molecule has 1 unspecified atom stereocenters. The summed E-state index contributed by atoms with van der Waals surface area (Å²) in [7, 11) is 0. The van der Waals surface area contributed by atoms with Gasteiger partial charge in [-0.2, -0.15) is 0 Å². The number of rotatable bonds is 2. The number of anilines is 1. The number of benzene rings is 1. The van der Waals surface area contributed by atoms with E-state index < -0.39 is 0 Å². The minimum Gasteiger partial charge on any atom is -0.369 e. The lowest BCUT2D eigenvalue weighted by Gasteiger charge is -2.21. The molecule has 0 radical (unpaired) electrons. The van der Waals surface area contributed by atoms with E-state index in [-0.39, 0.29) is 6.04 Å².